The second kappa shape index (κ2) is 8.27. The molecule has 0 aliphatic heterocycles. The molecule has 0 spiro atoms. The van der Waals surface area contributed by atoms with Crippen molar-refractivity contribution in [3.8, 4) is 11.1 Å². The molecule has 0 unspecified atom stereocenters. The number of hydrogen-bond acceptors (Lipinski definition) is 3. The highest BCUT2D eigenvalue weighted by atomic mass is 16.5. The molecule has 0 bridgehead atoms. The van der Waals surface area contributed by atoms with E-state index in [0.717, 1.165) is 12.8 Å². The smallest absolute Gasteiger partial charge is 0.407 e. The maximum atomic E-state index is 12.6. The Morgan fingerprint density at radius 3 is 2.27 bits per heavy atom. The molecule has 0 aromatic heterocycles. The van der Waals surface area contributed by atoms with Crippen LogP contribution >= 0.6 is 0 Å². The summed E-state index contributed by atoms with van der Waals surface area (Å²) < 4.78 is 11.8. The molecule has 0 radical (unpaired) electrons. The Bertz CT molecular complexity index is 884. The average Bonchev–Trinajstić information content (AvgIpc) is 3.03. The SMILES string of the molecule is C=CC[C@H]1[C@H](NC(=O)OCC2c3ccccc3-c3ccccc32)C[C@H]1OC(C)(C)C. The summed E-state index contributed by atoms with van der Waals surface area (Å²) in [7, 11) is 0. The molecular weight excluding hydrogens is 374 g/mol. The molecule has 1 saturated carbocycles. The fourth-order valence-corrected chi connectivity index (χ4v) is 4.72. The second-order valence-electron chi connectivity index (χ2n) is 9.27. The molecule has 2 aliphatic rings. The van der Waals surface area contributed by atoms with E-state index < -0.39 is 0 Å². The van der Waals surface area contributed by atoms with Gasteiger partial charge in [0.05, 0.1) is 11.7 Å². The number of rotatable bonds is 6. The van der Waals surface area contributed by atoms with Gasteiger partial charge < -0.3 is 14.8 Å². The van der Waals surface area contributed by atoms with Gasteiger partial charge >= 0.3 is 6.09 Å². The van der Waals surface area contributed by atoms with Crippen molar-refractivity contribution in [2.24, 2.45) is 5.92 Å². The van der Waals surface area contributed by atoms with Gasteiger partial charge in [-0.05, 0) is 55.9 Å². The molecule has 4 heteroatoms. The first kappa shape index (κ1) is 20.7. The summed E-state index contributed by atoms with van der Waals surface area (Å²) in [5.41, 5.74) is 4.71. The molecule has 2 aliphatic carbocycles. The number of amides is 1. The van der Waals surface area contributed by atoms with Crippen LogP contribution in [0, 0.1) is 5.92 Å². The van der Waals surface area contributed by atoms with E-state index in [-0.39, 0.29) is 35.7 Å². The van der Waals surface area contributed by atoms with Crippen molar-refractivity contribution >= 4 is 6.09 Å². The van der Waals surface area contributed by atoms with Gasteiger partial charge in [-0.1, -0.05) is 54.6 Å². The van der Waals surface area contributed by atoms with Gasteiger partial charge in [0.2, 0.25) is 0 Å². The van der Waals surface area contributed by atoms with Gasteiger partial charge in [0, 0.05) is 17.9 Å². The van der Waals surface area contributed by atoms with E-state index in [4.69, 9.17) is 9.47 Å². The van der Waals surface area contributed by atoms with Crippen molar-refractivity contribution < 1.29 is 14.3 Å². The van der Waals surface area contributed by atoms with Crippen LogP contribution in [-0.2, 0) is 9.47 Å². The van der Waals surface area contributed by atoms with Crippen molar-refractivity contribution in [3.05, 3.63) is 72.3 Å². The number of hydrogen-bond donors (Lipinski definition) is 1. The quantitative estimate of drug-likeness (QED) is 0.630. The lowest BCUT2D eigenvalue weighted by atomic mass is 9.74. The van der Waals surface area contributed by atoms with Gasteiger partial charge in [0.25, 0.3) is 0 Å². The molecule has 30 heavy (non-hydrogen) atoms. The average molecular weight is 406 g/mol. The Morgan fingerprint density at radius 1 is 1.10 bits per heavy atom. The number of alkyl carbamates (subject to hydrolysis) is 1. The molecule has 2 aromatic rings. The molecule has 158 valence electrons. The Hall–Kier alpha value is -2.59. The summed E-state index contributed by atoms with van der Waals surface area (Å²) in [6.45, 7) is 10.4. The third-order valence-corrected chi connectivity index (χ3v) is 6.07. The van der Waals surface area contributed by atoms with Crippen LogP contribution in [0.3, 0.4) is 0 Å². The molecule has 0 heterocycles. The topological polar surface area (TPSA) is 47.6 Å². The van der Waals surface area contributed by atoms with Gasteiger partial charge in [0.1, 0.15) is 6.61 Å². The van der Waals surface area contributed by atoms with E-state index in [1.54, 1.807) is 0 Å². The number of carbonyl (C=O) groups is 1. The van der Waals surface area contributed by atoms with E-state index in [1.807, 2.05) is 18.2 Å². The van der Waals surface area contributed by atoms with Crippen LogP contribution in [0.1, 0.15) is 50.7 Å². The zero-order chi connectivity index (χ0) is 21.3. The van der Waals surface area contributed by atoms with Gasteiger partial charge in [-0.2, -0.15) is 0 Å². The molecule has 1 amide bonds. The first-order valence-corrected chi connectivity index (χ1v) is 10.8. The molecule has 4 nitrogen and oxygen atoms in total. The standard InChI is InChI=1S/C26H31NO3/c1-5-10-21-23(15-24(21)30-26(2,3)4)27-25(28)29-16-22-19-13-8-6-11-17(19)18-12-7-9-14-20(18)22/h5-9,11-14,21-24H,1,10,15-16H2,2-4H3,(H,27,28)/t21-,23+,24+/m0/s1. The maximum Gasteiger partial charge on any atom is 0.407 e. The normalized spacial score (nSPS) is 22.6. The monoisotopic (exact) mass is 405 g/mol. The van der Waals surface area contributed by atoms with Crippen molar-refractivity contribution in [1.82, 2.24) is 5.32 Å². The highest BCUT2D eigenvalue weighted by molar-refractivity contribution is 5.79. The van der Waals surface area contributed by atoms with E-state index in [1.165, 1.54) is 22.3 Å². The van der Waals surface area contributed by atoms with Crippen LogP contribution in [-0.4, -0.2) is 30.4 Å². The van der Waals surface area contributed by atoms with Crippen LogP contribution < -0.4 is 5.32 Å². The number of carbonyl (C=O) groups excluding carboxylic acids is 1. The van der Waals surface area contributed by atoms with Crippen LogP contribution in [0.4, 0.5) is 4.79 Å². The molecule has 4 rings (SSSR count). The summed E-state index contributed by atoms with van der Waals surface area (Å²) in [5.74, 6) is 0.313. The van der Waals surface area contributed by atoms with Crippen LogP contribution in [0.25, 0.3) is 11.1 Å². The zero-order valence-electron chi connectivity index (χ0n) is 18.1. The first-order chi connectivity index (χ1) is 14.4. The number of fused-ring (bicyclic) bond motifs is 3. The largest absolute Gasteiger partial charge is 0.449 e. The second-order valence-corrected chi connectivity index (χ2v) is 9.27. The summed E-state index contributed by atoms with van der Waals surface area (Å²) >= 11 is 0. The predicted molar refractivity (Wildman–Crippen MR) is 120 cm³/mol. The van der Waals surface area contributed by atoms with Crippen LogP contribution in [0.2, 0.25) is 0 Å². The Labute approximate surface area is 179 Å². The predicted octanol–water partition coefficient (Wildman–Crippen LogP) is 5.67. The van der Waals surface area contributed by atoms with E-state index >= 15 is 0 Å². The Morgan fingerprint density at radius 2 is 1.70 bits per heavy atom. The van der Waals surface area contributed by atoms with E-state index in [2.05, 4.69) is 69.1 Å². The maximum absolute atomic E-state index is 12.6. The van der Waals surface area contributed by atoms with Gasteiger partial charge in [-0.25, -0.2) is 4.79 Å². The third-order valence-electron chi connectivity index (χ3n) is 6.07. The minimum absolute atomic E-state index is 0.0611. The molecule has 2 aromatic carbocycles. The minimum atomic E-state index is -0.356. The molecule has 3 atom stereocenters. The van der Waals surface area contributed by atoms with E-state index in [9.17, 15) is 4.79 Å². The van der Waals surface area contributed by atoms with Crippen molar-refractivity contribution in [3.63, 3.8) is 0 Å². The van der Waals surface area contributed by atoms with E-state index in [0.29, 0.717) is 6.61 Å². The number of ether oxygens (including phenoxy) is 2. The molecule has 0 saturated heterocycles. The van der Waals surface area contributed by atoms with Crippen molar-refractivity contribution in [1.29, 1.82) is 0 Å². The molecule has 1 fully saturated rings. The Kier molecular flexibility index (Phi) is 5.70. The first-order valence-electron chi connectivity index (χ1n) is 10.8. The Balaban J connectivity index is 1.37. The van der Waals surface area contributed by atoms with Crippen molar-refractivity contribution in [2.45, 2.75) is 57.3 Å². The highest BCUT2D eigenvalue weighted by Gasteiger charge is 2.43. The summed E-state index contributed by atoms with van der Waals surface area (Å²) in [6.07, 6.45) is 3.30. The highest BCUT2D eigenvalue weighted by Crippen LogP contribution is 2.44. The lowest BCUT2D eigenvalue weighted by Gasteiger charge is -2.46. The van der Waals surface area contributed by atoms with Crippen LogP contribution in [0.15, 0.2) is 61.2 Å². The van der Waals surface area contributed by atoms with Gasteiger partial charge in [-0.3, -0.25) is 0 Å². The minimum Gasteiger partial charge on any atom is -0.449 e. The van der Waals surface area contributed by atoms with Crippen molar-refractivity contribution in [2.75, 3.05) is 6.61 Å². The number of benzene rings is 2. The van der Waals surface area contributed by atoms with Crippen LogP contribution in [0.5, 0.6) is 0 Å². The fraction of sp³-hybridized carbons (Fsp3) is 0.423. The molecule has 1 N–H and O–H groups in total. The van der Waals surface area contributed by atoms with Gasteiger partial charge in [-0.15, -0.1) is 6.58 Å². The summed E-state index contributed by atoms with van der Waals surface area (Å²) in [6, 6.07) is 16.8. The summed E-state index contributed by atoms with van der Waals surface area (Å²) in [5, 5.41) is 3.05. The fourth-order valence-electron chi connectivity index (χ4n) is 4.72. The zero-order valence-corrected chi connectivity index (χ0v) is 18.1. The number of nitrogens with one attached hydrogen (secondary N) is 1. The lowest BCUT2D eigenvalue weighted by molar-refractivity contribution is -0.135. The molecular formula is C26H31NO3. The summed E-state index contributed by atoms with van der Waals surface area (Å²) in [4.78, 5) is 12.6. The number of allylic oxidation sites excluding steroid dienone is 1. The lowest BCUT2D eigenvalue weighted by Crippen LogP contribution is -2.57. The van der Waals surface area contributed by atoms with Gasteiger partial charge in [0.15, 0.2) is 0 Å². The third kappa shape index (κ3) is 4.15.